The Bertz CT molecular complexity index is 1930. The van der Waals surface area contributed by atoms with E-state index in [4.69, 9.17) is 9.47 Å². The number of anilines is 1. The van der Waals surface area contributed by atoms with E-state index in [1.807, 2.05) is 41.8 Å². The number of esters is 2. The van der Waals surface area contributed by atoms with E-state index in [2.05, 4.69) is 11.4 Å². The van der Waals surface area contributed by atoms with Gasteiger partial charge in [-0.2, -0.15) is 5.26 Å². The zero-order chi connectivity index (χ0) is 33.2. The average Bonchev–Trinajstić information content (AvgIpc) is 3.65. The van der Waals surface area contributed by atoms with Crippen molar-refractivity contribution in [2.45, 2.75) is 12.2 Å². The molecular weight excluding hydrogens is 616 g/mol. The summed E-state index contributed by atoms with van der Waals surface area (Å²) in [4.78, 5) is 52.5. The number of hydrogen-bond donors (Lipinski definition) is 2. The van der Waals surface area contributed by atoms with Gasteiger partial charge in [0.1, 0.15) is 0 Å². The number of allylic oxidation sites excluding steroid dienone is 1. The van der Waals surface area contributed by atoms with Crippen LogP contribution in [0.5, 0.6) is 0 Å². The second kappa shape index (κ2) is 15.1. The highest BCUT2D eigenvalue weighted by atomic mass is 32.1. The van der Waals surface area contributed by atoms with Crippen LogP contribution in [-0.4, -0.2) is 41.1 Å². The van der Waals surface area contributed by atoms with Crippen molar-refractivity contribution >= 4 is 52.5 Å². The maximum absolute atomic E-state index is 13.5. The van der Waals surface area contributed by atoms with Crippen LogP contribution in [0.4, 0.5) is 5.69 Å². The largest absolute Gasteiger partial charge is 0.478 e. The Morgan fingerprint density at radius 2 is 1.28 bits per heavy atom. The molecule has 232 valence electrons. The summed E-state index contributed by atoms with van der Waals surface area (Å²) >= 11 is 1.63. The molecule has 5 aromatic rings. The maximum atomic E-state index is 13.5. The first-order valence-corrected chi connectivity index (χ1v) is 15.1. The van der Waals surface area contributed by atoms with Gasteiger partial charge in [0.05, 0.1) is 22.8 Å². The van der Waals surface area contributed by atoms with Gasteiger partial charge in [0.15, 0.2) is 0 Å². The van der Waals surface area contributed by atoms with Crippen LogP contribution in [0.1, 0.15) is 31.8 Å². The number of nitrogens with zero attached hydrogens (tertiary/aromatic N) is 1. The highest BCUT2D eigenvalue weighted by molar-refractivity contribution is 7.13. The molecule has 0 aliphatic carbocycles. The van der Waals surface area contributed by atoms with Crippen LogP contribution in [0.3, 0.4) is 0 Å². The van der Waals surface area contributed by atoms with Gasteiger partial charge < -0.3 is 19.9 Å². The predicted molar refractivity (Wildman–Crippen MR) is 177 cm³/mol. The molecule has 2 N–H and O–H groups in total. The van der Waals surface area contributed by atoms with Crippen LogP contribution in [-0.2, 0) is 19.1 Å². The quantitative estimate of drug-likeness (QED) is 0.0895. The third-order valence-electron chi connectivity index (χ3n) is 6.88. The van der Waals surface area contributed by atoms with Crippen LogP contribution in [0.15, 0.2) is 127 Å². The van der Waals surface area contributed by atoms with Crippen molar-refractivity contribution in [3.8, 4) is 16.5 Å². The summed E-state index contributed by atoms with van der Waals surface area (Å²) in [6.07, 6.45) is -2.52. The van der Waals surface area contributed by atoms with Gasteiger partial charge in [-0.15, -0.1) is 11.3 Å². The summed E-state index contributed by atoms with van der Waals surface area (Å²) in [5, 5.41) is 24.3. The molecule has 5 rings (SSSR count). The third-order valence-corrected chi connectivity index (χ3v) is 7.79. The normalized spacial score (nSPS) is 12.2. The fourth-order valence-electron chi connectivity index (χ4n) is 4.49. The molecule has 1 amide bonds. The molecule has 2 atom stereocenters. The number of benzene rings is 4. The fourth-order valence-corrected chi connectivity index (χ4v) is 5.22. The number of nitrogens with one attached hydrogen (secondary N) is 1. The van der Waals surface area contributed by atoms with Crippen molar-refractivity contribution in [2.75, 3.05) is 5.32 Å². The molecule has 1 aromatic heterocycles. The van der Waals surface area contributed by atoms with E-state index >= 15 is 0 Å². The zero-order valence-electron chi connectivity index (χ0n) is 24.6. The fraction of sp³-hybridized carbons (Fsp3) is 0.0541. The number of thiophene rings is 1. The molecule has 0 fully saturated rings. The first-order chi connectivity index (χ1) is 22.8. The predicted octanol–water partition coefficient (Wildman–Crippen LogP) is 6.95. The SMILES string of the molecule is N#C/C(=C\c1ccc(NC(=O)[C@@H](OC(=O)c2ccccc2)[C@H](OC(=O)c2ccccc2)C(=O)O)cc1)c1ccc(-c2cccs2)cc1. The molecule has 0 spiro atoms. The van der Waals surface area contributed by atoms with Gasteiger partial charge in [0.25, 0.3) is 5.91 Å². The number of nitriles is 1. The summed E-state index contributed by atoms with van der Waals surface area (Å²) in [6, 6.07) is 35.6. The molecule has 9 nitrogen and oxygen atoms in total. The van der Waals surface area contributed by atoms with Gasteiger partial charge in [0, 0.05) is 10.6 Å². The van der Waals surface area contributed by atoms with E-state index in [1.165, 1.54) is 24.3 Å². The van der Waals surface area contributed by atoms with Gasteiger partial charge in [-0.1, -0.05) is 78.9 Å². The third kappa shape index (κ3) is 8.25. The molecule has 0 saturated heterocycles. The standard InChI is InChI=1S/C37H26N2O7S/c38-23-29(25-15-17-26(18-16-25)31-12-7-21-47-31)22-24-13-19-30(20-14-24)39-34(40)32(45-36(43)27-8-3-1-4-9-27)33(35(41)42)46-37(44)28-10-5-2-6-11-28/h1-22,32-33H,(H,39,40)(H,41,42)/b29-22+/t32-,33-/m0/s1. The molecule has 0 unspecified atom stereocenters. The Morgan fingerprint density at radius 1 is 0.702 bits per heavy atom. The summed E-state index contributed by atoms with van der Waals surface area (Å²) in [6.45, 7) is 0. The number of carboxylic acids is 1. The molecule has 0 aliphatic rings. The molecule has 10 heteroatoms. The maximum Gasteiger partial charge on any atom is 0.349 e. The van der Waals surface area contributed by atoms with E-state index in [0.29, 0.717) is 11.1 Å². The zero-order valence-corrected chi connectivity index (χ0v) is 25.4. The summed E-state index contributed by atoms with van der Waals surface area (Å²) in [7, 11) is 0. The molecule has 1 heterocycles. The van der Waals surface area contributed by atoms with E-state index in [9.17, 15) is 29.5 Å². The smallest absolute Gasteiger partial charge is 0.349 e. The van der Waals surface area contributed by atoms with Gasteiger partial charge in [-0.05, 0) is 70.6 Å². The number of aliphatic carboxylic acids is 1. The number of carbonyl (C=O) groups excluding carboxylic acids is 3. The Kier molecular flexibility index (Phi) is 10.3. The Morgan fingerprint density at radius 3 is 1.79 bits per heavy atom. The van der Waals surface area contributed by atoms with Crippen LogP contribution in [0.2, 0.25) is 0 Å². The minimum Gasteiger partial charge on any atom is -0.478 e. The van der Waals surface area contributed by atoms with Gasteiger partial charge in [-0.3, -0.25) is 4.79 Å². The van der Waals surface area contributed by atoms with Gasteiger partial charge in [-0.25, -0.2) is 14.4 Å². The Hall–Kier alpha value is -6.31. The van der Waals surface area contributed by atoms with E-state index in [-0.39, 0.29) is 16.8 Å². The monoisotopic (exact) mass is 642 g/mol. The highest BCUT2D eigenvalue weighted by Crippen LogP contribution is 2.27. The van der Waals surface area contributed by atoms with Crippen molar-refractivity contribution in [1.29, 1.82) is 5.26 Å². The van der Waals surface area contributed by atoms with Crippen LogP contribution >= 0.6 is 11.3 Å². The summed E-state index contributed by atoms with van der Waals surface area (Å²) in [5.74, 6) is -4.73. The van der Waals surface area contributed by atoms with Crippen molar-refractivity contribution in [3.05, 3.63) is 149 Å². The molecular formula is C37H26N2O7S. The van der Waals surface area contributed by atoms with Crippen molar-refractivity contribution < 1.29 is 33.8 Å². The lowest BCUT2D eigenvalue weighted by atomic mass is 10.0. The minimum absolute atomic E-state index is 0.0473. The van der Waals surface area contributed by atoms with E-state index in [0.717, 1.165) is 16.0 Å². The first kappa shape index (κ1) is 32.1. The van der Waals surface area contributed by atoms with Gasteiger partial charge in [0.2, 0.25) is 12.2 Å². The molecule has 0 aliphatic heterocycles. The molecule has 0 radical (unpaired) electrons. The van der Waals surface area contributed by atoms with Crippen LogP contribution in [0, 0.1) is 11.3 Å². The summed E-state index contributed by atoms with van der Waals surface area (Å²) < 4.78 is 10.5. The van der Waals surface area contributed by atoms with Crippen LogP contribution < -0.4 is 5.32 Å². The lowest BCUT2D eigenvalue weighted by molar-refractivity contribution is -0.157. The topological polar surface area (TPSA) is 143 Å². The molecule has 0 saturated carbocycles. The number of amides is 1. The lowest BCUT2D eigenvalue weighted by Gasteiger charge is -2.23. The second-order valence-corrected chi connectivity index (χ2v) is 11.0. The van der Waals surface area contributed by atoms with Crippen molar-refractivity contribution in [2.24, 2.45) is 0 Å². The number of hydrogen-bond acceptors (Lipinski definition) is 8. The molecule has 47 heavy (non-hydrogen) atoms. The number of carbonyl (C=O) groups is 4. The Labute approximate surface area is 274 Å². The van der Waals surface area contributed by atoms with E-state index in [1.54, 1.807) is 78.1 Å². The minimum atomic E-state index is -2.16. The van der Waals surface area contributed by atoms with Crippen LogP contribution in [0.25, 0.3) is 22.1 Å². The Balaban J connectivity index is 1.35. The second-order valence-electron chi connectivity index (χ2n) is 10.1. The van der Waals surface area contributed by atoms with Crippen molar-refractivity contribution in [1.82, 2.24) is 0 Å². The summed E-state index contributed by atoms with van der Waals surface area (Å²) in [5.41, 5.74) is 3.23. The van der Waals surface area contributed by atoms with E-state index < -0.39 is 36.0 Å². The molecule has 4 aromatic carbocycles. The number of ether oxygens (including phenoxy) is 2. The van der Waals surface area contributed by atoms with Crippen molar-refractivity contribution in [3.63, 3.8) is 0 Å². The number of rotatable bonds is 11. The lowest BCUT2D eigenvalue weighted by Crippen LogP contribution is -2.48. The molecule has 0 bridgehead atoms. The number of carboxylic acid groups (broad SMARTS) is 1. The highest BCUT2D eigenvalue weighted by Gasteiger charge is 2.41. The average molecular weight is 643 g/mol. The first-order valence-electron chi connectivity index (χ1n) is 14.2. The van der Waals surface area contributed by atoms with Gasteiger partial charge >= 0.3 is 17.9 Å².